The Bertz CT molecular complexity index is 885. The second kappa shape index (κ2) is 13.9. The molecule has 0 spiro atoms. The number of aliphatic hydroxyl groups is 1. The van der Waals surface area contributed by atoms with Crippen LogP contribution in [0.25, 0.3) is 11.3 Å². The number of unbranched alkanes of at least 4 members (excludes halogenated alkanes) is 6. The molecule has 3 rings (SSSR count). The van der Waals surface area contributed by atoms with Gasteiger partial charge in [0, 0.05) is 11.8 Å². The van der Waals surface area contributed by atoms with Crippen molar-refractivity contribution in [2.24, 2.45) is 0 Å². The quantitative estimate of drug-likeness (QED) is 0.277. The summed E-state index contributed by atoms with van der Waals surface area (Å²) in [6.07, 6.45) is 13.2. The first kappa shape index (κ1) is 27.5. The number of nitrogens with zero attached hydrogens (tertiary/aromatic N) is 1. The minimum atomic E-state index is -1.54. The van der Waals surface area contributed by atoms with Gasteiger partial charge < -0.3 is 5.11 Å². The first-order valence-electron chi connectivity index (χ1n) is 13.9. The molecule has 1 heterocycles. The molecular weight excluding hydrogens is 437 g/mol. The van der Waals surface area contributed by atoms with E-state index in [4.69, 9.17) is 0 Å². The number of rotatable bonds is 14. The largest absolute Gasteiger partial charge is 0.382 e. The number of alkyl halides is 1. The molecule has 1 N–H and O–H groups in total. The van der Waals surface area contributed by atoms with E-state index in [1.807, 2.05) is 13.1 Å². The fourth-order valence-electron chi connectivity index (χ4n) is 5.26. The smallest absolute Gasteiger partial charge is 0.198 e. The highest BCUT2D eigenvalue weighted by molar-refractivity contribution is 5.91. The number of benzene rings is 1. The van der Waals surface area contributed by atoms with Crippen LogP contribution in [0, 0.1) is 0 Å². The molecule has 1 aliphatic carbocycles. The van der Waals surface area contributed by atoms with Crippen molar-refractivity contribution in [1.29, 1.82) is 0 Å². The van der Waals surface area contributed by atoms with Gasteiger partial charge in [0.1, 0.15) is 5.60 Å². The van der Waals surface area contributed by atoms with Crippen molar-refractivity contribution in [3.05, 3.63) is 53.7 Å². The SMILES string of the molecule is CCCCCCCCc1ccc(-c2ccc(C3CCC(O)(C(=O)C(F)CCCC)CC3)cc2)nc1. The molecule has 1 unspecified atom stereocenters. The van der Waals surface area contributed by atoms with E-state index < -0.39 is 17.6 Å². The molecule has 1 saturated carbocycles. The molecule has 192 valence electrons. The summed E-state index contributed by atoms with van der Waals surface area (Å²) in [5, 5.41) is 10.8. The van der Waals surface area contributed by atoms with Gasteiger partial charge in [0.25, 0.3) is 0 Å². The van der Waals surface area contributed by atoms with E-state index in [-0.39, 0.29) is 6.42 Å². The topological polar surface area (TPSA) is 50.2 Å². The summed E-state index contributed by atoms with van der Waals surface area (Å²) >= 11 is 0. The van der Waals surface area contributed by atoms with E-state index in [1.165, 1.54) is 49.7 Å². The van der Waals surface area contributed by atoms with E-state index in [2.05, 4.69) is 48.3 Å². The predicted octanol–water partition coefficient (Wildman–Crippen LogP) is 8.14. The zero-order valence-corrected chi connectivity index (χ0v) is 21.8. The summed E-state index contributed by atoms with van der Waals surface area (Å²) in [6, 6.07) is 12.8. The molecule has 4 heteroatoms. The number of Topliss-reactive ketones (excluding diaryl/α,β-unsaturated/α-hetero) is 1. The number of hydrogen-bond acceptors (Lipinski definition) is 3. The lowest BCUT2D eigenvalue weighted by atomic mass is 9.73. The second-order valence-electron chi connectivity index (χ2n) is 10.5. The number of carbonyl (C=O) groups is 1. The van der Waals surface area contributed by atoms with E-state index in [0.717, 1.165) is 24.1 Å². The fourth-order valence-corrected chi connectivity index (χ4v) is 5.26. The molecule has 0 radical (unpaired) electrons. The zero-order chi connectivity index (χ0) is 25.1. The third kappa shape index (κ3) is 7.96. The van der Waals surface area contributed by atoms with Crippen LogP contribution in [0.3, 0.4) is 0 Å². The Morgan fingerprint density at radius 1 is 0.971 bits per heavy atom. The monoisotopic (exact) mass is 481 g/mol. The maximum Gasteiger partial charge on any atom is 0.198 e. The predicted molar refractivity (Wildman–Crippen MR) is 142 cm³/mol. The van der Waals surface area contributed by atoms with Gasteiger partial charge in [0.05, 0.1) is 5.69 Å². The molecule has 2 aromatic rings. The van der Waals surface area contributed by atoms with Crippen molar-refractivity contribution in [2.75, 3.05) is 0 Å². The van der Waals surface area contributed by atoms with Gasteiger partial charge in [0.2, 0.25) is 0 Å². The molecule has 0 bridgehead atoms. The Hall–Kier alpha value is -2.07. The molecule has 1 aliphatic rings. The first-order chi connectivity index (χ1) is 17.0. The number of pyridine rings is 1. The summed E-state index contributed by atoms with van der Waals surface area (Å²) in [5.74, 6) is -0.316. The lowest BCUT2D eigenvalue weighted by molar-refractivity contribution is -0.146. The molecule has 35 heavy (non-hydrogen) atoms. The van der Waals surface area contributed by atoms with Crippen LogP contribution >= 0.6 is 0 Å². The van der Waals surface area contributed by atoms with Crippen LogP contribution in [0.2, 0.25) is 0 Å². The Morgan fingerprint density at radius 2 is 1.63 bits per heavy atom. The second-order valence-corrected chi connectivity index (χ2v) is 10.5. The maximum absolute atomic E-state index is 14.3. The first-order valence-corrected chi connectivity index (χ1v) is 13.9. The molecule has 1 aromatic heterocycles. The number of halogens is 1. The van der Waals surface area contributed by atoms with Crippen LogP contribution in [0.5, 0.6) is 0 Å². The number of aryl methyl sites for hydroxylation is 1. The van der Waals surface area contributed by atoms with Crippen LogP contribution in [0.4, 0.5) is 4.39 Å². The number of ketones is 1. The van der Waals surface area contributed by atoms with E-state index >= 15 is 0 Å². The average Bonchev–Trinajstić information content (AvgIpc) is 2.90. The standard InChI is InChI=1S/C31H44FNO2/c1-3-5-7-8-9-10-11-24-13-18-29(33-23-24)27-16-14-25(15-17-27)26-19-21-31(35,22-20-26)30(34)28(32)12-6-4-2/h13-18,23,26,28,35H,3-12,19-22H2,1-2H3. The Kier molecular flexibility index (Phi) is 10.9. The van der Waals surface area contributed by atoms with Crippen LogP contribution in [0.15, 0.2) is 42.6 Å². The van der Waals surface area contributed by atoms with Crippen molar-refractivity contribution in [2.45, 2.75) is 121 Å². The molecule has 1 fully saturated rings. The highest BCUT2D eigenvalue weighted by Crippen LogP contribution is 2.40. The van der Waals surface area contributed by atoms with Crippen molar-refractivity contribution < 1.29 is 14.3 Å². The minimum Gasteiger partial charge on any atom is -0.382 e. The van der Waals surface area contributed by atoms with Gasteiger partial charge in [-0.3, -0.25) is 9.78 Å². The van der Waals surface area contributed by atoms with E-state index in [9.17, 15) is 14.3 Å². The molecular formula is C31H44FNO2. The van der Waals surface area contributed by atoms with E-state index in [1.54, 1.807) is 0 Å². The van der Waals surface area contributed by atoms with Crippen molar-refractivity contribution in [3.63, 3.8) is 0 Å². The average molecular weight is 482 g/mol. The summed E-state index contributed by atoms with van der Waals surface area (Å²) < 4.78 is 14.3. The van der Waals surface area contributed by atoms with Gasteiger partial charge in [-0.25, -0.2) is 4.39 Å². The Morgan fingerprint density at radius 3 is 2.26 bits per heavy atom. The molecule has 3 nitrogen and oxygen atoms in total. The minimum absolute atomic E-state index is 0.219. The zero-order valence-electron chi connectivity index (χ0n) is 21.8. The van der Waals surface area contributed by atoms with Gasteiger partial charge >= 0.3 is 0 Å². The molecule has 0 aliphatic heterocycles. The molecule has 0 amide bonds. The van der Waals surface area contributed by atoms with Gasteiger partial charge in [-0.2, -0.15) is 0 Å². The van der Waals surface area contributed by atoms with Crippen LogP contribution in [-0.2, 0) is 11.2 Å². The molecule has 0 saturated heterocycles. The van der Waals surface area contributed by atoms with Gasteiger partial charge in [0.15, 0.2) is 12.0 Å². The van der Waals surface area contributed by atoms with E-state index in [0.29, 0.717) is 38.0 Å². The summed E-state index contributed by atoms with van der Waals surface area (Å²) in [4.78, 5) is 17.2. The fraction of sp³-hybridized carbons (Fsp3) is 0.613. The lowest BCUT2D eigenvalue weighted by Crippen LogP contribution is -2.46. The summed E-state index contributed by atoms with van der Waals surface area (Å²) in [5.41, 5.74) is 3.10. The number of hydrogen-bond donors (Lipinski definition) is 1. The van der Waals surface area contributed by atoms with Crippen molar-refractivity contribution >= 4 is 5.78 Å². The van der Waals surface area contributed by atoms with Gasteiger partial charge in [-0.15, -0.1) is 0 Å². The Balaban J connectivity index is 1.49. The normalized spacial score (nSPS) is 21.1. The van der Waals surface area contributed by atoms with Crippen LogP contribution in [0.1, 0.15) is 114 Å². The van der Waals surface area contributed by atoms with Crippen LogP contribution < -0.4 is 0 Å². The third-order valence-electron chi connectivity index (χ3n) is 7.69. The Labute approximate surface area is 211 Å². The van der Waals surface area contributed by atoms with Crippen molar-refractivity contribution in [1.82, 2.24) is 4.98 Å². The van der Waals surface area contributed by atoms with Crippen LogP contribution in [-0.4, -0.2) is 27.6 Å². The van der Waals surface area contributed by atoms with Gasteiger partial charge in [-0.05, 0) is 68.1 Å². The number of carbonyl (C=O) groups excluding carboxylic acids is 1. The lowest BCUT2D eigenvalue weighted by Gasteiger charge is -2.35. The van der Waals surface area contributed by atoms with Crippen molar-refractivity contribution in [3.8, 4) is 11.3 Å². The summed E-state index contributed by atoms with van der Waals surface area (Å²) in [7, 11) is 0. The highest BCUT2D eigenvalue weighted by Gasteiger charge is 2.43. The number of aromatic nitrogens is 1. The summed E-state index contributed by atoms with van der Waals surface area (Å²) in [6.45, 7) is 4.23. The maximum atomic E-state index is 14.3. The highest BCUT2D eigenvalue weighted by atomic mass is 19.1. The molecule has 1 atom stereocenters. The third-order valence-corrected chi connectivity index (χ3v) is 7.69. The molecule has 1 aromatic carbocycles. The van der Waals surface area contributed by atoms with Gasteiger partial charge in [-0.1, -0.05) is 89.1 Å².